The van der Waals surface area contributed by atoms with Gasteiger partial charge in [0.1, 0.15) is 6.04 Å². The van der Waals surface area contributed by atoms with Crippen molar-refractivity contribution in [3.05, 3.63) is 29.8 Å². The van der Waals surface area contributed by atoms with Crippen LogP contribution in [0.4, 0.5) is 0 Å². The summed E-state index contributed by atoms with van der Waals surface area (Å²) < 4.78 is 32.0. The van der Waals surface area contributed by atoms with E-state index in [9.17, 15) is 13.2 Å². The van der Waals surface area contributed by atoms with Gasteiger partial charge in [-0.1, -0.05) is 37.3 Å². The first-order valence-electron chi connectivity index (χ1n) is 7.37. The highest BCUT2D eigenvalue weighted by Crippen LogP contribution is 2.42. The number of sulfonamides is 1. The molecule has 1 aliphatic heterocycles. The lowest BCUT2D eigenvalue weighted by Gasteiger charge is -2.15. The Morgan fingerprint density at radius 2 is 1.77 bits per heavy atom. The van der Waals surface area contributed by atoms with Crippen molar-refractivity contribution in [2.75, 3.05) is 6.61 Å². The maximum atomic E-state index is 12.8. The molecular weight excluding hydrogens is 318 g/mol. The third-order valence-corrected chi connectivity index (χ3v) is 8.20. The SMILES string of the molecule is CCOC(=O)[C@H]1[C@H]([Si](C)(C)C)N1S(=O)(=O)c1ccc(C)cc1. The molecule has 1 aliphatic rings. The Bertz CT molecular complexity index is 664. The molecule has 1 heterocycles. The highest BCUT2D eigenvalue weighted by atomic mass is 32.2. The van der Waals surface area contributed by atoms with Crippen molar-refractivity contribution < 1.29 is 17.9 Å². The van der Waals surface area contributed by atoms with Crippen LogP contribution in [0.1, 0.15) is 12.5 Å². The third-order valence-electron chi connectivity index (χ3n) is 3.77. The molecule has 0 radical (unpaired) electrons. The summed E-state index contributed by atoms with van der Waals surface area (Å²) in [4.78, 5) is 12.3. The van der Waals surface area contributed by atoms with Crippen LogP contribution >= 0.6 is 0 Å². The van der Waals surface area contributed by atoms with Gasteiger partial charge in [0, 0.05) is 5.67 Å². The van der Waals surface area contributed by atoms with Gasteiger partial charge < -0.3 is 4.74 Å². The Kier molecular flexibility index (Phi) is 4.52. The van der Waals surface area contributed by atoms with E-state index in [2.05, 4.69) is 19.6 Å². The molecule has 1 fully saturated rings. The van der Waals surface area contributed by atoms with Crippen LogP contribution in [0.25, 0.3) is 0 Å². The van der Waals surface area contributed by atoms with E-state index >= 15 is 0 Å². The third kappa shape index (κ3) is 3.11. The molecule has 1 aromatic carbocycles. The largest absolute Gasteiger partial charge is 0.465 e. The highest BCUT2D eigenvalue weighted by Gasteiger charge is 2.65. The zero-order valence-electron chi connectivity index (χ0n) is 13.7. The molecule has 1 saturated heterocycles. The van der Waals surface area contributed by atoms with E-state index in [4.69, 9.17) is 4.74 Å². The monoisotopic (exact) mass is 341 g/mol. The fourth-order valence-corrected chi connectivity index (χ4v) is 7.80. The Morgan fingerprint density at radius 1 is 1.23 bits per heavy atom. The topological polar surface area (TPSA) is 63.5 Å². The lowest BCUT2D eigenvalue weighted by molar-refractivity contribution is -0.143. The van der Waals surface area contributed by atoms with Crippen molar-refractivity contribution in [3.8, 4) is 0 Å². The maximum Gasteiger partial charge on any atom is 0.325 e. The number of hydrogen-bond acceptors (Lipinski definition) is 4. The van der Waals surface area contributed by atoms with Crippen molar-refractivity contribution in [3.63, 3.8) is 0 Å². The van der Waals surface area contributed by atoms with Gasteiger partial charge in [-0.15, -0.1) is 0 Å². The predicted molar refractivity (Wildman–Crippen MR) is 87.8 cm³/mol. The molecule has 3 atom stereocenters. The van der Waals surface area contributed by atoms with E-state index in [0.717, 1.165) is 5.56 Å². The number of carbonyl (C=O) groups is 1. The number of rotatable bonds is 5. The molecule has 1 unspecified atom stereocenters. The van der Waals surface area contributed by atoms with E-state index in [-0.39, 0.29) is 17.2 Å². The molecule has 22 heavy (non-hydrogen) atoms. The van der Waals surface area contributed by atoms with Gasteiger partial charge in [0.2, 0.25) is 10.0 Å². The van der Waals surface area contributed by atoms with Crippen molar-refractivity contribution in [2.45, 2.75) is 50.1 Å². The molecule has 122 valence electrons. The molecule has 0 aromatic heterocycles. The van der Waals surface area contributed by atoms with Crippen molar-refractivity contribution in [1.29, 1.82) is 0 Å². The Balaban J connectivity index is 2.36. The zero-order chi connectivity index (χ0) is 16.7. The van der Waals surface area contributed by atoms with Gasteiger partial charge in [0.15, 0.2) is 0 Å². The second-order valence-corrected chi connectivity index (χ2v) is 13.8. The standard InChI is InChI=1S/C15H23NO4SSi/c1-6-20-15(17)13-14(22(3,4)5)16(13)21(18,19)12-9-7-11(2)8-10-12/h7-10,13-14H,6H2,1-5H3/t13-,14+,16?/m1/s1. The van der Waals surface area contributed by atoms with Gasteiger partial charge in [-0.3, -0.25) is 4.79 Å². The molecular formula is C15H23NO4SSi. The average Bonchev–Trinajstić information content (AvgIpc) is 3.15. The minimum absolute atomic E-state index is 0.230. The van der Waals surface area contributed by atoms with Crippen LogP contribution < -0.4 is 0 Å². The van der Waals surface area contributed by atoms with Gasteiger partial charge in [-0.2, -0.15) is 4.31 Å². The zero-order valence-corrected chi connectivity index (χ0v) is 15.5. The van der Waals surface area contributed by atoms with Crippen molar-refractivity contribution >= 4 is 24.1 Å². The molecule has 2 rings (SSSR count). The average molecular weight is 342 g/mol. The van der Waals surface area contributed by atoms with E-state index in [1.807, 2.05) is 6.92 Å². The first kappa shape index (κ1) is 17.2. The summed E-state index contributed by atoms with van der Waals surface area (Å²) >= 11 is 0. The highest BCUT2D eigenvalue weighted by molar-refractivity contribution is 7.89. The van der Waals surface area contributed by atoms with E-state index in [0.29, 0.717) is 0 Å². The molecule has 0 bridgehead atoms. The Labute approximate surface area is 133 Å². The number of hydrogen-bond donors (Lipinski definition) is 0. The lowest BCUT2D eigenvalue weighted by Crippen LogP contribution is -2.34. The molecule has 0 aliphatic carbocycles. The van der Waals surface area contributed by atoms with Crippen LogP contribution in [0.2, 0.25) is 19.6 Å². The second-order valence-electron chi connectivity index (χ2n) is 6.66. The minimum Gasteiger partial charge on any atom is -0.465 e. The van der Waals surface area contributed by atoms with Gasteiger partial charge >= 0.3 is 5.97 Å². The Morgan fingerprint density at radius 3 is 2.23 bits per heavy atom. The van der Waals surface area contributed by atoms with Crippen molar-refractivity contribution in [1.82, 2.24) is 4.31 Å². The molecule has 0 spiro atoms. The number of aryl methyl sites for hydroxylation is 1. The molecule has 0 saturated carbocycles. The van der Waals surface area contributed by atoms with Gasteiger partial charge in [0.05, 0.1) is 19.6 Å². The Hall–Kier alpha value is -1.18. The van der Waals surface area contributed by atoms with Gasteiger partial charge in [-0.25, -0.2) is 8.42 Å². The minimum atomic E-state index is -3.66. The molecule has 0 N–H and O–H groups in total. The predicted octanol–water partition coefficient (Wildman–Crippen LogP) is 2.18. The van der Waals surface area contributed by atoms with Crippen LogP contribution in [0.3, 0.4) is 0 Å². The van der Waals surface area contributed by atoms with Crippen LogP contribution in [0.15, 0.2) is 29.2 Å². The summed E-state index contributed by atoms with van der Waals surface area (Å²) in [6.45, 7) is 10.1. The lowest BCUT2D eigenvalue weighted by atomic mass is 10.2. The summed E-state index contributed by atoms with van der Waals surface area (Å²) in [5, 5.41) is 0. The summed E-state index contributed by atoms with van der Waals surface area (Å²) in [5.41, 5.74) is 0.756. The van der Waals surface area contributed by atoms with Gasteiger partial charge in [0.25, 0.3) is 0 Å². The molecule has 7 heteroatoms. The number of nitrogens with zero attached hydrogens (tertiary/aromatic N) is 1. The van der Waals surface area contributed by atoms with E-state index in [1.54, 1.807) is 31.2 Å². The second kappa shape index (κ2) is 5.79. The first-order chi connectivity index (χ1) is 10.1. The first-order valence-corrected chi connectivity index (χ1v) is 12.4. The summed E-state index contributed by atoms with van der Waals surface area (Å²) in [7, 11) is -5.51. The number of carbonyl (C=O) groups excluding carboxylic acids is 1. The number of esters is 1. The quantitative estimate of drug-likeness (QED) is 0.468. The van der Waals surface area contributed by atoms with Crippen LogP contribution in [-0.4, -0.2) is 45.1 Å². The van der Waals surface area contributed by atoms with Crippen LogP contribution in [0, 0.1) is 6.92 Å². The summed E-state index contributed by atoms with van der Waals surface area (Å²) in [5.74, 6) is -0.439. The summed E-state index contributed by atoms with van der Waals surface area (Å²) in [6.07, 6.45) is 0. The summed E-state index contributed by atoms with van der Waals surface area (Å²) in [6, 6.07) is 6.04. The van der Waals surface area contributed by atoms with Crippen molar-refractivity contribution in [2.24, 2.45) is 0 Å². The van der Waals surface area contributed by atoms with E-state index in [1.165, 1.54) is 4.31 Å². The number of benzene rings is 1. The molecule has 0 amide bonds. The maximum absolute atomic E-state index is 12.8. The normalized spacial score (nSPS) is 24.9. The molecule has 5 nitrogen and oxygen atoms in total. The fourth-order valence-electron chi connectivity index (χ4n) is 2.66. The van der Waals surface area contributed by atoms with E-state index < -0.39 is 30.1 Å². The number of ether oxygens (including phenoxy) is 1. The smallest absolute Gasteiger partial charge is 0.325 e. The molecule has 1 aromatic rings. The van der Waals surface area contributed by atoms with Gasteiger partial charge in [-0.05, 0) is 26.0 Å². The van der Waals surface area contributed by atoms with Crippen LogP contribution in [-0.2, 0) is 19.6 Å². The van der Waals surface area contributed by atoms with Crippen LogP contribution in [0.5, 0.6) is 0 Å². The fraction of sp³-hybridized carbons (Fsp3) is 0.533.